The molecule has 0 aromatic heterocycles. The number of likely N-dealkylation sites (N-methyl/N-ethyl adjacent to an activating group) is 1. The molecule has 0 fully saturated rings. The van der Waals surface area contributed by atoms with Crippen molar-refractivity contribution in [1.29, 1.82) is 0 Å². The lowest BCUT2D eigenvalue weighted by molar-refractivity contribution is -0.129. The van der Waals surface area contributed by atoms with Gasteiger partial charge in [-0.1, -0.05) is 54.6 Å². The van der Waals surface area contributed by atoms with E-state index in [1.54, 1.807) is 24.3 Å². The molecule has 1 heterocycles. The quantitative estimate of drug-likeness (QED) is 0.452. The van der Waals surface area contributed by atoms with Gasteiger partial charge in [0.15, 0.2) is 11.5 Å². The molecule has 1 aliphatic heterocycles. The van der Waals surface area contributed by atoms with E-state index in [4.69, 9.17) is 10.3 Å². The van der Waals surface area contributed by atoms with Gasteiger partial charge >= 0.3 is 0 Å². The number of nitrogens with zero attached hydrogens (tertiary/aromatic N) is 2. The summed E-state index contributed by atoms with van der Waals surface area (Å²) in [5.41, 5.74) is 8.28. The molecule has 10 heteroatoms. The van der Waals surface area contributed by atoms with Crippen molar-refractivity contribution in [3.63, 3.8) is 0 Å². The Morgan fingerprint density at radius 1 is 1.03 bits per heavy atom. The minimum absolute atomic E-state index is 0.0510. The van der Waals surface area contributed by atoms with Crippen LogP contribution in [0.25, 0.3) is 11.1 Å². The van der Waals surface area contributed by atoms with E-state index in [2.05, 4.69) is 10.3 Å². The van der Waals surface area contributed by atoms with E-state index < -0.39 is 21.4 Å². The van der Waals surface area contributed by atoms with Crippen molar-refractivity contribution in [2.24, 2.45) is 10.7 Å². The molecule has 0 radical (unpaired) electrons. The molecule has 1 unspecified atom stereocenters. The smallest absolute Gasteiger partial charge is 0.269 e. The summed E-state index contributed by atoms with van der Waals surface area (Å²) >= 11 is 0. The van der Waals surface area contributed by atoms with Crippen LogP contribution in [0.1, 0.15) is 23.6 Å². The van der Waals surface area contributed by atoms with Crippen molar-refractivity contribution in [1.82, 2.24) is 4.90 Å². The molecule has 1 aliphatic rings. The second kappa shape index (κ2) is 8.97. The normalized spacial score (nSPS) is 17.9. The van der Waals surface area contributed by atoms with Crippen LogP contribution in [0.3, 0.4) is 0 Å². The first-order valence-corrected chi connectivity index (χ1v) is 12.3. The molecule has 0 saturated heterocycles. The highest BCUT2D eigenvalue weighted by Crippen LogP contribution is 2.40. The van der Waals surface area contributed by atoms with Gasteiger partial charge in [0.25, 0.3) is 16.0 Å². The first-order valence-electron chi connectivity index (χ1n) is 10.7. The van der Waals surface area contributed by atoms with Crippen molar-refractivity contribution >= 4 is 33.6 Å². The predicted octanol–water partition coefficient (Wildman–Crippen LogP) is 2.73. The third-order valence-electron chi connectivity index (χ3n) is 5.76. The number of anilines is 1. The lowest BCUT2D eigenvalue weighted by Crippen LogP contribution is -2.41. The maximum absolute atomic E-state index is 13.5. The lowest BCUT2D eigenvalue weighted by Gasteiger charge is -2.27. The van der Waals surface area contributed by atoms with Crippen LogP contribution >= 0.6 is 0 Å². The Kier molecular flexibility index (Phi) is 6.18. The van der Waals surface area contributed by atoms with Crippen LogP contribution in [0.15, 0.2) is 77.8 Å². The Morgan fingerprint density at radius 3 is 2.23 bits per heavy atom. The van der Waals surface area contributed by atoms with Crippen LogP contribution in [-0.2, 0) is 31.0 Å². The zero-order chi connectivity index (χ0) is 25.4. The molecule has 2 amide bonds. The summed E-state index contributed by atoms with van der Waals surface area (Å²) < 4.78 is 31.7. The zero-order valence-corrected chi connectivity index (χ0v) is 19.9. The second-order valence-electron chi connectivity index (χ2n) is 8.31. The fourth-order valence-electron chi connectivity index (χ4n) is 4.14. The van der Waals surface area contributed by atoms with Gasteiger partial charge in [0.05, 0.1) is 0 Å². The number of rotatable bonds is 6. The first kappa shape index (κ1) is 24.1. The summed E-state index contributed by atoms with van der Waals surface area (Å²) in [6.45, 7) is 1.43. The van der Waals surface area contributed by atoms with Gasteiger partial charge in [0.1, 0.15) is 5.75 Å². The highest BCUT2D eigenvalue weighted by molar-refractivity contribution is 7.85. The summed E-state index contributed by atoms with van der Waals surface area (Å²) in [6.07, 6.45) is 0. The molecule has 3 aromatic carbocycles. The molecule has 4 N–H and O–H groups in total. The number of amides is 2. The third kappa shape index (κ3) is 4.79. The molecular weight excluding hydrogens is 468 g/mol. The Bertz CT molecular complexity index is 1450. The topological polar surface area (TPSA) is 142 Å². The van der Waals surface area contributed by atoms with Gasteiger partial charge in [-0.2, -0.15) is 8.42 Å². The Labute approximate surface area is 203 Å². The van der Waals surface area contributed by atoms with Crippen LogP contribution in [0.2, 0.25) is 0 Å². The molecule has 3 aromatic rings. The van der Waals surface area contributed by atoms with E-state index in [0.717, 1.165) is 11.1 Å². The van der Waals surface area contributed by atoms with Crippen LogP contribution in [0.5, 0.6) is 0 Å². The van der Waals surface area contributed by atoms with E-state index >= 15 is 0 Å². The SMILES string of the molecule is CC(=O)Nc1cccc(-c2cccc(C3(c4ccc(CS(=O)(=O)O)cc4)N=C(N)N(C)C3=O)c2)c1. The number of hydrogen-bond donors (Lipinski definition) is 3. The monoisotopic (exact) mass is 492 g/mol. The van der Waals surface area contributed by atoms with E-state index in [1.165, 1.54) is 31.0 Å². The molecule has 0 saturated carbocycles. The summed E-state index contributed by atoms with van der Waals surface area (Å²) in [7, 11) is -2.66. The standard InChI is InChI=1S/C25H24N4O5S/c1-16(30)27-22-8-4-6-19(14-22)18-5-3-7-21(13-18)25(23(31)29(2)24(26)28-25)20-11-9-17(10-12-20)15-35(32,33)34/h3-14H,15H2,1-2H3,(H2,26,28)(H,27,30)(H,32,33,34). The van der Waals surface area contributed by atoms with Crippen molar-refractivity contribution in [3.05, 3.63) is 89.5 Å². The third-order valence-corrected chi connectivity index (χ3v) is 6.46. The molecule has 0 spiro atoms. The van der Waals surface area contributed by atoms with Crippen LogP contribution in [-0.4, -0.2) is 42.7 Å². The fraction of sp³-hybridized carbons (Fsp3) is 0.160. The minimum atomic E-state index is -4.20. The number of hydrogen-bond acceptors (Lipinski definition) is 6. The van der Waals surface area contributed by atoms with Crippen molar-refractivity contribution in [2.75, 3.05) is 12.4 Å². The van der Waals surface area contributed by atoms with Crippen LogP contribution in [0.4, 0.5) is 5.69 Å². The summed E-state index contributed by atoms with van der Waals surface area (Å²) in [6, 6.07) is 20.9. The number of carbonyl (C=O) groups is 2. The maximum Gasteiger partial charge on any atom is 0.269 e. The Balaban J connectivity index is 1.83. The van der Waals surface area contributed by atoms with Crippen molar-refractivity contribution in [3.8, 4) is 11.1 Å². The molecular formula is C25H24N4O5S. The molecule has 35 heavy (non-hydrogen) atoms. The van der Waals surface area contributed by atoms with Crippen molar-refractivity contribution in [2.45, 2.75) is 18.2 Å². The average molecular weight is 493 g/mol. The molecule has 0 aliphatic carbocycles. The minimum Gasteiger partial charge on any atom is -0.369 e. The van der Waals surface area contributed by atoms with E-state index in [0.29, 0.717) is 22.4 Å². The highest BCUT2D eigenvalue weighted by Gasteiger charge is 2.49. The summed E-state index contributed by atoms with van der Waals surface area (Å²) in [5, 5.41) is 2.76. The number of aliphatic imine (C=N–C) groups is 1. The number of guanidine groups is 1. The Morgan fingerprint density at radius 2 is 1.66 bits per heavy atom. The molecule has 4 rings (SSSR count). The maximum atomic E-state index is 13.5. The lowest BCUT2D eigenvalue weighted by atomic mass is 9.81. The second-order valence-corrected chi connectivity index (χ2v) is 9.76. The largest absolute Gasteiger partial charge is 0.369 e. The van der Waals surface area contributed by atoms with E-state index in [-0.39, 0.29) is 17.8 Å². The molecule has 180 valence electrons. The molecule has 0 bridgehead atoms. The summed E-state index contributed by atoms with van der Waals surface area (Å²) in [5.74, 6) is -1.03. The van der Waals surface area contributed by atoms with Crippen molar-refractivity contribution < 1.29 is 22.6 Å². The van der Waals surface area contributed by atoms with E-state index in [9.17, 15) is 18.0 Å². The van der Waals surface area contributed by atoms with Gasteiger partial charge in [-0.05, 0) is 46.0 Å². The zero-order valence-electron chi connectivity index (χ0n) is 19.1. The number of nitrogens with one attached hydrogen (secondary N) is 1. The number of carbonyl (C=O) groups excluding carboxylic acids is 2. The van der Waals surface area contributed by atoms with E-state index in [1.807, 2.05) is 36.4 Å². The van der Waals surface area contributed by atoms with Gasteiger partial charge in [-0.15, -0.1) is 0 Å². The van der Waals surface area contributed by atoms with Gasteiger partial charge in [-0.3, -0.25) is 19.0 Å². The Hall–Kier alpha value is -4.02. The first-order chi connectivity index (χ1) is 16.5. The van der Waals surface area contributed by atoms with Gasteiger partial charge in [0, 0.05) is 19.7 Å². The van der Waals surface area contributed by atoms with Gasteiger partial charge in [-0.25, -0.2) is 4.99 Å². The molecule has 9 nitrogen and oxygen atoms in total. The molecule has 1 atom stereocenters. The van der Waals surface area contributed by atoms with Gasteiger partial charge < -0.3 is 11.1 Å². The van der Waals surface area contributed by atoms with Gasteiger partial charge in [0.2, 0.25) is 5.91 Å². The van der Waals surface area contributed by atoms with Crippen LogP contribution in [0, 0.1) is 0 Å². The summed E-state index contributed by atoms with van der Waals surface area (Å²) in [4.78, 5) is 30.8. The fourth-order valence-corrected chi connectivity index (χ4v) is 4.75. The average Bonchev–Trinajstić information content (AvgIpc) is 3.03. The van der Waals surface area contributed by atoms with Crippen LogP contribution < -0.4 is 11.1 Å². The number of nitrogens with two attached hydrogens (primary N) is 1. The highest BCUT2D eigenvalue weighted by atomic mass is 32.2. The predicted molar refractivity (Wildman–Crippen MR) is 133 cm³/mol. The number of benzene rings is 3.